The second-order valence-electron chi connectivity index (χ2n) is 5.34. The highest BCUT2D eigenvalue weighted by atomic mass is 32.2. The fourth-order valence-electron chi connectivity index (χ4n) is 2.69. The van der Waals surface area contributed by atoms with Crippen LogP contribution in [0.1, 0.15) is 38.2 Å². The number of anilines is 1. The van der Waals surface area contributed by atoms with Crippen LogP contribution in [0.5, 0.6) is 0 Å². The number of hydrogen-bond acceptors (Lipinski definition) is 3. The van der Waals surface area contributed by atoms with Gasteiger partial charge in [-0.2, -0.15) is 4.31 Å². The maximum atomic E-state index is 12.8. The number of benzene rings is 1. The van der Waals surface area contributed by atoms with Crippen molar-refractivity contribution in [3.63, 3.8) is 0 Å². The summed E-state index contributed by atoms with van der Waals surface area (Å²) in [5, 5.41) is 0. The Morgan fingerprint density at radius 3 is 2.68 bits per heavy atom. The van der Waals surface area contributed by atoms with Crippen LogP contribution in [0.15, 0.2) is 23.1 Å². The summed E-state index contributed by atoms with van der Waals surface area (Å²) in [4.78, 5) is 0.385. The van der Waals surface area contributed by atoms with Gasteiger partial charge in [-0.05, 0) is 50.5 Å². The van der Waals surface area contributed by atoms with Gasteiger partial charge >= 0.3 is 0 Å². The molecule has 2 rings (SSSR count). The lowest BCUT2D eigenvalue weighted by Crippen LogP contribution is -2.38. The largest absolute Gasteiger partial charge is 0.399 e. The zero-order chi connectivity index (χ0) is 14.0. The number of nitrogen functional groups attached to an aromatic ring is 1. The highest BCUT2D eigenvalue weighted by molar-refractivity contribution is 7.89. The first kappa shape index (κ1) is 14.3. The minimum atomic E-state index is -3.40. The molecule has 0 bridgehead atoms. The van der Waals surface area contributed by atoms with E-state index in [0.717, 1.165) is 31.2 Å². The Morgan fingerprint density at radius 2 is 2.00 bits per heavy atom. The summed E-state index contributed by atoms with van der Waals surface area (Å²) in [7, 11) is -3.40. The van der Waals surface area contributed by atoms with E-state index in [1.165, 1.54) is 0 Å². The Kier molecular flexibility index (Phi) is 4.16. The van der Waals surface area contributed by atoms with E-state index >= 15 is 0 Å². The van der Waals surface area contributed by atoms with E-state index in [4.69, 9.17) is 5.73 Å². The molecule has 1 heterocycles. The van der Waals surface area contributed by atoms with Gasteiger partial charge in [-0.25, -0.2) is 8.42 Å². The Morgan fingerprint density at radius 1 is 1.26 bits per heavy atom. The summed E-state index contributed by atoms with van der Waals surface area (Å²) in [6, 6.07) is 5.07. The zero-order valence-corrected chi connectivity index (χ0v) is 12.4. The summed E-state index contributed by atoms with van der Waals surface area (Å²) >= 11 is 0. The number of hydrogen-bond donors (Lipinski definition) is 1. The highest BCUT2D eigenvalue weighted by Crippen LogP contribution is 2.27. The number of aryl methyl sites for hydroxylation is 1. The van der Waals surface area contributed by atoms with Gasteiger partial charge in [-0.3, -0.25) is 0 Å². The predicted octanol–water partition coefficient (Wildman–Crippen LogP) is 2.53. The lowest BCUT2D eigenvalue weighted by Gasteiger charge is -2.27. The summed E-state index contributed by atoms with van der Waals surface area (Å²) in [6.45, 7) is 4.41. The quantitative estimate of drug-likeness (QED) is 0.848. The van der Waals surface area contributed by atoms with Crippen molar-refractivity contribution in [2.24, 2.45) is 0 Å². The van der Waals surface area contributed by atoms with Gasteiger partial charge in [-0.1, -0.05) is 12.8 Å². The van der Waals surface area contributed by atoms with Crippen molar-refractivity contribution in [1.29, 1.82) is 0 Å². The van der Waals surface area contributed by atoms with Crippen molar-refractivity contribution >= 4 is 15.7 Å². The van der Waals surface area contributed by atoms with Crippen LogP contribution in [0.4, 0.5) is 5.69 Å². The van der Waals surface area contributed by atoms with Crippen LogP contribution in [-0.4, -0.2) is 25.3 Å². The Balaban J connectivity index is 2.40. The van der Waals surface area contributed by atoms with E-state index in [0.29, 0.717) is 17.1 Å². The molecule has 5 heteroatoms. The average Bonchev–Trinajstić information content (AvgIpc) is 2.53. The SMILES string of the molecule is Cc1cc(N)ccc1S(=O)(=O)N1CCCCCC1C. The fraction of sp³-hybridized carbons (Fsp3) is 0.571. The van der Waals surface area contributed by atoms with Crippen molar-refractivity contribution in [2.75, 3.05) is 12.3 Å². The molecule has 1 saturated heterocycles. The van der Waals surface area contributed by atoms with Crippen molar-refractivity contribution < 1.29 is 8.42 Å². The van der Waals surface area contributed by atoms with Gasteiger partial charge in [0.1, 0.15) is 0 Å². The number of rotatable bonds is 2. The summed E-state index contributed by atoms with van der Waals surface area (Å²) in [5.41, 5.74) is 7.01. The van der Waals surface area contributed by atoms with Crippen molar-refractivity contribution in [2.45, 2.75) is 50.5 Å². The van der Waals surface area contributed by atoms with Crippen LogP contribution < -0.4 is 5.73 Å². The van der Waals surface area contributed by atoms with E-state index in [1.54, 1.807) is 29.4 Å². The average molecular weight is 282 g/mol. The molecule has 0 aliphatic carbocycles. The molecule has 106 valence electrons. The summed E-state index contributed by atoms with van der Waals surface area (Å²) < 4.78 is 27.2. The van der Waals surface area contributed by atoms with Gasteiger partial charge in [-0.15, -0.1) is 0 Å². The molecule has 1 atom stereocenters. The Labute approximate surface area is 115 Å². The fourth-order valence-corrected chi connectivity index (χ4v) is 4.60. The summed E-state index contributed by atoms with van der Waals surface area (Å²) in [5.74, 6) is 0. The monoisotopic (exact) mass is 282 g/mol. The van der Waals surface area contributed by atoms with Crippen LogP contribution in [0.3, 0.4) is 0 Å². The lowest BCUT2D eigenvalue weighted by molar-refractivity contribution is 0.342. The van der Waals surface area contributed by atoms with Gasteiger partial charge < -0.3 is 5.73 Å². The second kappa shape index (κ2) is 5.51. The van der Waals surface area contributed by atoms with E-state index < -0.39 is 10.0 Å². The molecule has 0 radical (unpaired) electrons. The second-order valence-corrected chi connectivity index (χ2v) is 7.20. The maximum Gasteiger partial charge on any atom is 0.243 e. The van der Waals surface area contributed by atoms with E-state index in [9.17, 15) is 8.42 Å². The first-order chi connectivity index (χ1) is 8.93. The van der Waals surface area contributed by atoms with Gasteiger partial charge in [0.2, 0.25) is 10.0 Å². The van der Waals surface area contributed by atoms with Gasteiger partial charge in [0.25, 0.3) is 0 Å². The van der Waals surface area contributed by atoms with Crippen LogP contribution in [0, 0.1) is 6.92 Å². The van der Waals surface area contributed by atoms with E-state index in [2.05, 4.69) is 0 Å². The van der Waals surface area contributed by atoms with Gasteiger partial charge in [0.15, 0.2) is 0 Å². The van der Waals surface area contributed by atoms with Gasteiger partial charge in [0.05, 0.1) is 4.90 Å². The molecule has 1 unspecified atom stereocenters. The molecule has 19 heavy (non-hydrogen) atoms. The van der Waals surface area contributed by atoms with Crippen molar-refractivity contribution in [3.05, 3.63) is 23.8 Å². The van der Waals surface area contributed by atoms with Gasteiger partial charge in [0, 0.05) is 18.3 Å². The maximum absolute atomic E-state index is 12.8. The minimum Gasteiger partial charge on any atom is -0.399 e. The third-order valence-electron chi connectivity index (χ3n) is 3.78. The van der Waals surface area contributed by atoms with Crippen LogP contribution in [0.2, 0.25) is 0 Å². The molecule has 1 aliphatic heterocycles. The molecule has 1 aromatic carbocycles. The molecule has 0 spiro atoms. The molecule has 0 aromatic heterocycles. The predicted molar refractivity (Wildman–Crippen MR) is 77.4 cm³/mol. The van der Waals surface area contributed by atoms with E-state index in [-0.39, 0.29) is 6.04 Å². The molecule has 4 nitrogen and oxygen atoms in total. The Hall–Kier alpha value is -1.07. The molecule has 1 fully saturated rings. The standard InChI is InChI=1S/C14H22N2O2S/c1-11-10-13(15)7-8-14(11)19(17,18)16-9-5-3-4-6-12(16)2/h7-8,10,12H,3-6,9,15H2,1-2H3. The first-order valence-electron chi connectivity index (χ1n) is 6.81. The summed E-state index contributed by atoms with van der Waals surface area (Å²) in [6.07, 6.45) is 4.09. The molecular weight excluding hydrogens is 260 g/mol. The highest BCUT2D eigenvalue weighted by Gasteiger charge is 2.30. The number of nitrogens with two attached hydrogens (primary N) is 1. The Bertz CT molecular complexity index is 555. The molecule has 1 aliphatic rings. The molecule has 0 amide bonds. The molecule has 2 N–H and O–H groups in total. The van der Waals surface area contributed by atoms with Crippen molar-refractivity contribution in [1.82, 2.24) is 4.31 Å². The van der Waals surface area contributed by atoms with Crippen LogP contribution in [0.25, 0.3) is 0 Å². The normalized spacial score (nSPS) is 22.1. The zero-order valence-electron chi connectivity index (χ0n) is 11.6. The lowest BCUT2D eigenvalue weighted by atomic mass is 10.1. The number of sulfonamides is 1. The molecular formula is C14H22N2O2S. The number of nitrogens with zero attached hydrogens (tertiary/aromatic N) is 1. The van der Waals surface area contributed by atoms with Crippen molar-refractivity contribution in [3.8, 4) is 0 Å². The molecule has 1 aromatic rings. The van der Waals surface area contributed by atoms with Crippen LogP contribution >= 0.6 is 0 Å². The third-order valence-corrected chi connectivity index (χ3v) is 5.95. The van der Waals surface area contributed by atoms with E-state index in [1.807, 2.05) is 6.92 Å². The smallest absolute Gasteiger partial charge is 0.243 e. The first-order valence-corrected chi connectivity index (χ1v) is 8.25. The molecule has 0 saturated carbocycles. The van der Waals surface area contributed by atoms with Crippen LogP contribution in [-0.2, 0) is 10.0 Å². The topological polar surface area (TPSA) is 63.4 Å². The third kappa shape index (κ3) is 2.92. The minimum absolute atomic E-state index is 0.0736.